The van der Waals surface area contributed by atoms with Gasteiger partial charge in [-0.25, -0.2) is 4.98 Å². The maximum absolute atomic E-state index is 13.1. The summed E-state index contributed by atoms with van der Waals surface area (Å²) < 4.78 is 39.4. The Bertz CT molecular complexity index is 803. The lowest BCUT2D eigenvalue weighted by atomic mass is 9.90. The van der Waals surface area contributed by atoms with E-state index in [4.69, 9.17) is 0 Å². The Hall–Kier alpha value is -2.38. The van der Waals surface area contributed by atoms with Gasteiger partial charge in [-0.15, -0.1) is 0 Å². The molecule has 0 spiro atoms. The quantitative estimate of drug-likeness (QED) is 0.807. The number of hydrogen-bond donors (Lipinski definition) is 1. The molecule has 0 radical (unpaired) electrons. The van der Waals surface area contributed by atoms with E-state index >= 15 is 0 Å². The van der Waals surface area contributed by atoms with Gasteiger partial charge in [0.1, 0.15) is 5.82 Å². The maximum Gasteiger partial charge on any atom is 0.416 e. The summed E-state index contributed by atoms with van der Waals surface area (Å²) in [7, 11) is 0. The van der Waals surface area contributed by atoms with Gasteiger partial charge in [0.2, 0.25) is 5.91 Å². The minimum absolute atomic E-state index is 0.0582. The van der Waals surface area contributed by atoms with Gasteiger partial charge in [0.15, 0.2) is 5.82 Å². The number of alkyl halides is 3. The lowest BCUT2D eigenvalue weighted by molar-refractivity contribution is -0.138. The zero-order chi connectivity index (χ0) is 20.1. The summed E-state index contributed by atoms with van der Waals surface area (Å²) in [6.07, 6.45) is -0.640. The maximum atomic E-state index is 13.1. The van der Waals surface area contributed by atoms with Crippen molar-refractivity contribution in [3.8, 4) is 0 Å². The molecular weight excluding hydrogens is 369 g/mol. The molecule has 2 aromatic rings. The van der Waals surface area contributed by atoms with Crippen molar-refractivity contribution >= 4 is 5.91 Å². The van der Waals surface area contributed by atoms with Gasteiger partial charge in [0.25, 0.3) is 0 Å². The number of hydrogen-bond acceptors (Lipinski definition) is 3. The minimum atomic E-state index is -4.33. The van der Waals surface area contributed by atoms with E-state index in [0.717, 1.165) is 24.7 Å². The summed E-state index contributed by atoms with van der Waals surface area (Å²) in [6.45, 7) is 3.13. The first kappa shape index (κ1) is 20.4. The van der Waals surface area contributed by atoms with Crippen molar-refractivity contribution in [2.45, 2.75) is 51.6 Å². The van der Waals surface area contributed by atoms with E-state index < -0.39 is 11.7 Å². The Kier molecular flexibility index (Phi) is 6.36. The van der Waals surface area contributed by atoms with Crippen molar-refractivity contribution in [3.05, 3.63) is 47.0 Å². The predicted molar refractivity (Wildman–Crippen MR) is 98.5 cm³/mol. The number of amides is 1. The molecule has 1 N–H and O–H groups in total. The largest absolute Gasteiger partial charge is 0.416 e. The van der Waals surface area contributed by atoms with Gasteiger partial charge >= 0.3 is 6.18 Å². The second-order valence-corrected chi connectivity index (χ2v) is 7.38. The number of halogens is 3. The fraction of sp³-hybridized carbons (Fsp3) is 0.550. The number of nitrogens with zero attached hydrogens (tertiary/aromatic N) is 3. The number of piperidine rings is 1. The molecule has 0 aliphatic carbocycles. The second-order valence-electron chi connectivity index (χ2n) is 7.38. The van der Waals surface area contributed by atoms with E-state index in [0.29, 0.717) is 50.2 Å². The third-order valence-corrected chi connectivity index (χ3v) is 5.22. The van der Waals surface area contributed by atoms with Crippen LogP contribution < -0.4 is 0 Å². The fourth-order valence-electron chi connectivity index (χ4n) is 3.78. The third kappa shape index (κ3) is 5.33. The van der Waals surface area contributed by atoms with Gasteiger partial charge in [-0.3, -0.25) is 9.89 Å². The SMILES string of the molecule is Cc1nc(CCC(=O)N2CCC[C@@H](CCc3ccccc3C(F)(F)F)C2)n[nH]1. The highest BCUT2D eigenvalue weighted by Crippen LogP contribution is 2.33. The van der Waals surface area contributed by atoms with Crippen LogP contribution in [-0.4, -0.2) is 39.1 Å². The van der Waals surface area contributed by atoms with E-state index in [1.807, 2.05) is 11.8 Å². The molecule has 1 aromatic heterocycles. The van der Waals surface area contributed by atoms with Gasteiger partial charge in [0.05, 0.1) is 5.56 Å². The Morgan fingerprint density at radius 1 is 1.29 bits per heavy atom. The van der Waals surface area contributed by atoms with Crippen LogP contribution in [0.4, 0.5) is 13.2 Å². The van der Waals surface area contributed by atoms with Crippen LogP contribution in [0.2, 0.25) is 0 Å². The normalized spacial score (nSPS) is 17.7. The van der Waals surface area contributed by atoms with Gasteiger partial charge in [-0.2, -0.15) is 18.3 Å². The van der Waals surface area contributed by atoms with Gasteiger partial charge in [-0.1, -0.05) is 18.2 Å². The molecule has 8 heteroatoms. The number of carbonyl (C=O) groups is 1. The zero-order valence-electron chi connectivity index (χ0n) is 15.9. The van der Waals surface area contributed by atoms with E-state index in [1.54, 1.807) is 12.1 Å². The first-order chi connectivity index (χ1) is 13.3. The molecule has 152 valence electrons. The topological polar surface area (TPSA) is 61.9 Å². The van der Waals surface area contributed by atoms with Crippen LogP contribution in [0.5, 0.6) is 0 Å². The predicted octanol–water partition coefficient (Wildman–Crippen LogP) is 3.94. The average Bonchev–Trinajstić information content (AvgIpc) is 3.09. The lowest BCUT2D eigenvalue weighted by Crippen LogP contribution is -2.40. The number of H-pyrrole nitrogens is 1. The molecule has 3 rings (SSSR count). The number of likely N-dealkylation sites (tertiary alicyclic amines) is 1. The highest BCUT2D eigenvalue weighted by Gasteiger charge is 2.33. The van der Waals surface area contributed by atoms with Crippen molar-refractivity contribution in [2.24, 2.45) is 5.92 Å². The Balaban J connectivity index is 1.52. The molecule has 1 aromatic carbocycles. The molecule has 1 aliphatic heterocycles. The first-order valence-corrected chi connectivity index (χ1v) is 9.63. The van der Waals surface area contributed by atoms with E-state index in [-0.39, 0.29) is 11.8 Å². The standard InChI is InChI=1S/C20H25F3N4O/c1-14-24-18(26-25-14)10-11-19(28)27-12-4-5-15(13-27)8-9-16-6-2-3-7-17(16)20(21,22)23/h2-3,6-7,15H,4-5,8-13H2,1H3,(H,24,25,26)/t15-/m0/s1. The molecule has 1 fully saturated rings. The average molecular weight is 394 g/mol. The second kappa shape index (κ2) is 8.75. The smallest absolute Gasteiger partial charge is 0.342 e. The number of aromatic nitrogens is 3. The molecule has 0 unspecified atom stereocenters. The summed E-state index contributed by atoms with van der Waals surface area (Å²) in [5, 5.41) is 6.80. The first-order valence-electron chi connectivity index (χ1n) is 9.63. The molecule has 0 saturated carbocycles. The summed E-state index contributed by atoms with van der Waals surface area (Å²) >= 11 is 0. The van der Waals surface area contributed by atoms with Gasteiger partial charge in [0, 0.05) is 25.9 Å². The number of aromatic amines is 1. The molecule has 2 heterocycles. The third-order valence-electron chi connectivity index (χ3n) is 5.22. The van der Waals surface area contributed by atoms with Crippen LogP contribution in [-0.2, 0) is 23.8 Å². The minimum Gasteiger partial charge on any atom is -0.342 e. The van der Waals surface area contributed by atoms with E-state index in [9.17, 15) is 18.0 Å². The summed E-state index contributed by atoms with van der Waals surface area (Å²) in [4.78, 5) is 18.5. The van der Waals surface area contributed by atoms with Crippen LogP contribution in [0.3, 0.4) is 0 Å². The number of carbonyl (C=O) groups excluding carboxylic acids is 1. The monoisotopic (exact) mass is 394 g/mol. The summed E-state index contributed by atoms with van der Waals surface area (Å²) in [5.41, 5.74) is -0.223. The number of nitrogens with one attached hydrogen (secondary N) is 1. The van der Waals surface area contributed by atoms with Crippen LogP contribution in [0.15, 0.2) is 24.3 Å². The van der Waals surface area contributed by atoms with Gasteiger partial charge in [-0.05, 0) is 50.2 Å². The summed E-state index contributed by atoms with van der Waals surface area (Å²) in [6, 6.07) is 5.75. The van der Waals surface area contributed by atoms with Crippen LogP contribution in [0.25, 0.3) is 0 Å². The Morgan fingerprint density at radius 3 is 2.79 bits per heavy atom. The molecule has 1 aliphatic rings. The molecule has 0 bridgehead atoms. The molecule has 5 nitrogen and oxygen atoms in total. The number of aryl methyl sites for hydroxylation is 3. The summed E-state index contributed by atoms with van der Waals surface area (Å²) in [5.74, 6) is 1.63. The molecule has 1 saturated heterocycles. The lowest BCUT2D eigenvalue weighted by Gasteiger charge is -2.33. The fourth-order valence-corrected chi connectivity index (χ4v) is 3.78. The molecule has 1 atom stereocenters. The Labute approximate surface area is 162 Å². The van der Waals surface area contributed by atoms with Crippen molar-refractivity contribution < 1.29 is 18.0 Å². The van der Waals surface area contributed by atoms with Gasteiger partial charge < -0.3 is 4.90 Å². The number of benzene rings is 1. The molecule has 28 heavy (non-hydrogen) atoms. The van der Waals surface area contributed by atoms with Crippen LogP contribution in [0.1, 0.15) is 48.5 Å². The van der Waals surface area contributed by atoms with Crippen molar-refractivity contribution in [1.82, 2.24) is 20.1 Å². The van der Waals surface area contributed by atoms with Crippen molar-refractivity contribution in [3.63, 3.8) is 0 Å². The van der Waals surface area contributed by atoms with Crippen LogP contribution in [0, 0.1) is 12.8 Å². The highest BCUT2D eigenvalue weighted by atomic mass is 19.4. The van der Waals surface area contributed by atoms with E-state index in [2.05, 4.69) is 15.2 Å². The van der Waals surface area contributed by atoms with E-state index in [1.165, 1.54) is 6.07 Å². The zero-order valence-corrected chi connectivity index (χ0v) is 15.9. The Morgan fingerprint density at radius 2 is 2.07 bits per heavy atom. The molecular formula is C20H25F3N4O. The van der Waals surface area contributed by atoms with Crippen molar-refractivity contribution in [2.75, 3.05) is 13.1 Å². The van der Waals surface area contributed by atoms with Crippen molar-refractivity contribution in [1.29, 1.82) is 0 Å². The van der Waals surface area contributed by atoms with Crippen LogP contribution >= 0.6 is 0 Å². The number of rotatable bonds is 6. The molecule has 1 amide bonds. The highest BCUT2D eigenvalue weighted by molar-refractivity contribution is 5.76.